The van der Waals surface area contributed by atoms with Gasteiger partial charge >= 0.3 is 5.97 Å². The van der Waals surface area contributed by atoms with Gasteiger partial charge in [-0.15, -0.1) is 0 Å². The molecule has 0 saturated carbocycles. The first-order chi connectivity index (χ1) is 16.5. The fourth-order valence-corrected chi connectivity index (χ4v) is 4.95. The number of carbonyl (C=O) groups is 1. The summed E-state index contributed by atoms with van der Waals surface area (Å²) in [5, 5.41) is 10.7. The highest BCUT2D eigenvalue weighted by atomic mass is 79.9. The van der Waals surface area contributed by atoms with Crippen LogP contribution in [0, 0.1) is 6.92 Å². The summed E-state index contributed by atoms with van der Waals surface area (Å²) in [5.74, 6) is 0.0265. The van der Waals surface area contributed by atoms with Crippen molar-refractivity contribution in [1.29, 1.82) is 0 Å². The lowest BCUT2D eigenvalue weighted by atomic mass is 9.99. The summed E-state index contributed by atoms with van der Waals surface area (Å²) in [5.41, 5.74) is 6.50. The molecule has 0 unspecified atom stereocenters. The number of hydrogen-bond donors (Lipinski definition) is 1. The fourth-order valence-electron chi connectivity index (χ4n) is 4.69. The minimum atomic E-state index is -0.848. The molecule has 4 rings (SSSR count). The van der Waals surface area contributed by atoms with Gasteiger partial charge < -0.3 is 14.4 Å². The Morgan fingerprint density at radius 1 is 0.971 bits per heavy atom. The molecule has 0 aliphatic rings. The van der Waals surface area contributed by atoms with Crippen LogP contribution in [0.1, 0.15) is 52.0 Å². The lowest BCUT2D eigenvalue weighted by molar-refractivity contribution is 0.0695. The Balaban J connectivity index is 1.49. The van der Waals surface area contributed by atoms with Crippen LogP contribution in [0.4, 0.5) is 0 Å². The van der Waals surface area contributed by atoms with Crippen LogP contribution in [0.3, 0.4) is 0 Å². The number of aromatic carboxylic acids is 1. The van der Waals surface area contributed by atoms with Gasteiger partial charge in [0.1, 0.15) is 5.75 Å². The molecule has 3 aromatic carbocycles. The third-order valence-electron chi connectivity index (χ3n) is 6.54. The van der Waals surface area contributed by atoms with Crippen LogP contribution in [0.5, 0.6) is 5.75 Å². The Kier molecular flexibility index (Phi) is 7.73. The highest BCUT2D eigenvalue weighted by Gasteiger charge is 2.15. The first-order valence-corrected chi connectivity index (χ1v) is 12.5. The second-order valence-corrected chi connectivity index (χ2v) is 9.60. The molecule has 176 valence electrons. The molecule has 0 spiro atoms. The van der Waals surface area contributed by atoms with Gasteiger partial charge in [-0.05, 0) is 85.7 Å². The second kappa shape index (κ2) is 10.9. The first kappa shape index (κ1) is 24.1. The summed E-state index contributed by atoms with van der Waals surface area (Å²) in [6.45, 7) is 3.04. The van der Waals surface area contributed by atoms with Crippen LogP contribution in [-0.4, -0.2) is 22.8 Å². The van der Waals surface area contributed by atoms with E-state index in [0.717, 1.165) is 54.4 Å². The molecule has 0 aliphatic heterocycles. The molecule has 0 radical (unpaired) electrons. The molecule has 0 bridgehead atoms. The number of carboxylic acid groups (broad SMARTS) is 1. The molecular weight excluding hydrogens is 490 g/mol. The zero-order valence-corrected chi connectivity index (χ0v) is 21.3. The molecular formula is C29H30BrNO3. The number of aromatic nitrogens is 1. The van der Waals surface area contributed by atoms with Crippen molar-refractivity contribution in [3.8, 4) is 5.75 Å². The normalized spacial score (nSPS) is 11.1. The van der Waals surface area contributed by atoms with Gasteiger partial charge in [0.15, 0.2) is 0 Å². The standard InChI is InChI=1S/C29H30BrNO3/c1-20-25(10-5-3-4-8-22-9-6-7-11-26(22)29(32)33)27-18-24(34-2)16-17-28(27)31(20)19-21-12-14-23(30)15-13-21/h6-7,9,11-18H,3-5,8,10,19H2,1-2H3,(H,32,33). The molecule has 1 N–H and O–H groups in total. The van der Waals surface area contributed by atoms with E-state index in [0.29, 0.717) is 5.56 Å². The maximum atomic E-state index is 11.4. The SMILES string of the molecule is COc1ccc2c(c1)c(CCCCCc1ccccc1C(=O)O)c(C)n2Cc1ccc(Br)cc1. The van der Waals surface area contributed by atoms with Gasteiger partial charge in [-0.1, -0.05) is 52.7 Å². The topological polar surface area (TPSA) is 51.5 Å². The molecule has 4 nitrogen and oxygen atoms in total. The zero-order chi connectivity index (χ0) is 24.1. The lowest BCUT2D eigenvalue weighted by Gasteiger charge is -2.10. The summed E-state index contributed by atoms with van der Waals surface area (Å²) in [4.78, 5) is 11.4. The average Bonchev–Trinajstić information content (AvgIpc) is 3.10. The van der Waals surface area contributed by atoms with E-state index < -0.39 is 5.97 Å². The van der Waals surface area contributed by atoms with E-state index in [1.165, 1.54) is 27.7 Å². The van der Waals surface area contributed by atoms with Crippen LogP contribution in [0.15, 0.2) is 71.2 Å². The Morgan fingerprint density at radius 2 is 1.71 bits per heavy atom. The van der Waals surface area contributed by atoms with Crippen molar-refractivity contribution < 1.29 is 14.6 Å². The van der Waals surface area contributed by atoms with Gasteiger partial charge in [-0.25, -0.2) is 4.79 Å². The number of carboxylic acids is 1. The van der Waals surface area contributed by atoms with Gasteiger partial charge in [0.2, 0.25) is 0 Å². The van der Waals surface area contributed by atoms with E-state index in [2.05, 4.69) is 63.8 Å². The highest BCUT2D eigenvalue weighted by Crippen LogP contribution is 2.31. The molecule has 0 fully saturated rings. The van der Waals surface area contributed by atoms with Crippen molar-refractivity contribution in [3.05, 3.63) is 99.2 Å². The number of methoxy groups -OCH3 is 1. The maximum Gasteiger partial charge on any atom is 0.335 e. The highest BCUT2D eigenvalue weighted by molar-refractivity contribution is 9.10. The van der Waals surface area contributed by atoms with Crippen molar-refractivity contribution >= 4 is 32.8 Å². The molecule has 0 atom stereocenters. The van der Waals surface area contributed by atoms with Crippen molar-refractivity contribution in [3.63, 3.8) is 0 Å². The van der Waals surface area contributed by atoms with Crippen LogP contribution in [-0.2, 0) is 19.4 Å². The number of ether oxygens (including phenoxy) is 1. The van der Waals surface area contributed by atoms with Crippen molar-refractivity contribution in [1.82, 2.24) is 4.57 Å². The van der Waals surface area contributed by atoms with E-state index >= 15 is 0 Å². The molecule has 1 aromatic heterocycles. The minimum absolute atomic E-state index is 0.418. The average molecular weight is 520 g/mol. The van der Waals surface area contributed by atoms with Crippen LogP contribution < -0.4 is 4.74 Å². The number of rotatable bonds is 10. The van der Waals surface area contributed by atoms with E-state index in [9.17, 15) is 9.90 Å². The Morgan fingerprint density at radius 3 is 2.44 bits per heavy atom. The number of hydrogen-bond acceptors (Lipinski definition) is 2. The summed E-state index contributed by atoms with van der Waals surface area (Å²) in [6, 6.07) is 22.2. The van der Waals surface area contributed by atoms with E-state index in [-0.39, 0.29) is 0 Å². The van der Waals surface area contributed by atoms with Crippen LogP contribution in [0.2, 0.25) is 0 Å². The van der Waals surface area contributed by atoms with Crippen molar-refractivity contribution in [2.75, 3.05) is 7.11 Å². The molecule has 0 amide bonds. The second-order valence-electron chi connectivity index (χ2n) is 8.68. The van der Waals surface area contributed by atoms with Gasteiger partial charge in [0.05, 0.1) is 12.7 Å². The van der Waals surface area contributed by atoms with E-state index in [4.69, 9.17) is 4.74 Å². The number of benzene rings is 3. The number of fused-ring (bicyclic) bond motifs is 1. The summed E-state index contributed by atoms with van der Waals surface area (Å²) >= 11 is 3.52. The fraction of sp³-hybridized carbons (Fsp3) is 0.276. The number of aryl methyl sites for hydroxylation is 2. The van der Waals surface area contributed by atoms with Crippen LogP contribution >= 0.6 is 15.9 Å². The summed E-state index contributed by atoms with van der Waals surface area (Å²) < 4.78 is 9.00. The third kappa shape index (κ3) is 5.36. The minimum Gasteiger partial charge on any atom is -0.497 e. The van der Waals surface area contributed by atoms with Crippen LogP contribution in [0.25, 0.3) is 10.9 Å². The van der Waals surface area contributed by atoms with Gasteiger partial charge in [0.25, 0.3) is 0 Å². The molecule has 1 heterocycles. The van der Waals surface area contributed by atoms with Gasteiger partial charge in [-0.2, -0.15) is 0 Å². The third-order valence-corrected chi connectivity index (χ3v) is 7.06. The predicted octanol–water partition coefficient (Wildman–Crippen LogP) is 7.42. The predicted molar refractivity (Wildman–Crippen MR) is 141 cm³/mol. The lowest BCUT2D eigenvalue weighted by Crippen LogP contribution is -2.03. The smallest absolute Gasteiger partial charge is 0.335 e. The summed E-state index contributed by atoms with van der Waals surface area (Å²) in [6.07, 6.45) is 4.87. The number of unbranched alkanes of at least 4 members (excludes halogenated alkanes) is 2. The Hall–Kier alpha value is -3.05. The Labute approximate surface area is 209 Å². The van der Waals surface area contributed by atoms with Gasteiger partial charge in [-0.3, -0.25) is 0 Å². The van der Waals surface area contributed by atoms with Crippen molar-refractivity contribution in [2.45, 2.75) is 45.6 Å². The molecule has 0 aliphatic carbocycles. The summed E-state index contributed by atoms with van der Waals surface area (Å²) in [7, 11) is 1.71. The number of nitrogens with zero attached hydrogens (tertiary/aromatic N) is 1. The molecule has 0 saturated heterocycles. The maximum absolute atomic E-state index is 11.4. The monoisotopic (exact) mass is 519 g/mol. The Bertz CT molecular complexity index is 1290. The van der Waals surface area contributed by atoms with E-state index in [1.807, 2.05) is 18.2 Å². The van der Waals surface area contributed by atoms with E-state index in [1.54, 1.807) is 19.2 Å². The number of halogens is 1. The molecule has 5 heteroatoms. The molecule has 4 aromatic rings. The van der Waals surface area contributed by atoms with Gasteiger partial charge in [0, 0.05) is 27.6 Å². The molecule has 34 heavy (non-hydrogen) atoms. The first-order valence-electron chi connectivity index (χ1n) is 11.7. The quantitative estimate of drug-likeness (QED) is 0.221. The largest absolute Gasteiger partial charge is 0.497 e. The van der Waals surface area contributed by atoms with Crippen molar-refractivity contribution in [2.24, 2.45) is 0 Å². The zero-order valence-electron chi connectivity index (χ0n) is 19.7.